The number of carbonyl (C=O) groups is 2. The number of nitrogens with one attached hydrogen (secondary N) is 1. The second-order valence-electron chi connectivity index (χ2n) is 20.7. The fourth-order valence-electron chi connectivity index (χ4n) is 9.34. The predicted octanol–water partition coefficient (Wildman–Crippen LogP) is 18.6. The zero-order valence-electron chi connectivity index (χ0n) is 45.1. The number of esters is 1. The molecular weight excluding hydrogens is 827 g/mol. The first-order valence-electron chi connectivity index (χ1n) is 30.1. The highest BCUT2D eigenvalue weighted by Gasteiger charge is 2.20. The van der Waals surface area contributed by atoms with Crippen LogP contribution in [0.4, 0.5) is 0 Å². The number of carbonyl (C=O) groups excluding carboxylic acids is 2. The van der Waals surface area contributed by atoms with Gasteiger partial charge in [-0.3, -0.25) is 9.59 Å². The molecule has 0 saturated carbocycles. The quantitative estimate of drug-likeness (QED) is 0.0321. The van der Waals surface area contributed by atoms with Crippen molar-refractivity contribution in [1.29, 1.82) is 0 Å². The topological polar surface area (TPSA) is 95.9 Å². The molecule has 0 aliphatic heterocycles. The van der Waals surface area contributed by atoms with Crippen LogP contribution in [0.5, 0.6) is 0 Å². The first kappa shape index (κ1) is 65.3. The van der Waals surface area contributed by atoms with Crippen molar-refractivity contribution in [2.75, 3.05) is 13.2 Å². The molecule has 0 aliphatic carbocycles. The van der Waals surface area contributed by atoms with Gasteiger partial charge in [0.1, 0.15) is 0 Å². The Bertz CT molecular complexity index is 1040. The van der Waals surface area contributed by atoms with Crippen LogP contribution in [-0.2, 0) is 14.3 Å². The van der Waals surface area contributed by atoms with E-state index in [4.69, 9.17) is 4.74 Å². The maximum atomic E-state index is 12.4. The van der Waals surface area contributed by atoms with Gasteiger partial charge in [0.05, 0.1) is 25.4 Å². The highest BCUT2D eigenvalue weighted by atomic mass is 16.5. The van der Waals surface area contributed by atoms with Crippen LogP contribution >= 0.6 is 0 Å². The fraction of sp³-hybridized carbons (Fsp3) is 0.902. The van der Waals surface area contributed by atoms with E-state index in [1.54, 1.807) is 0 Å². The normalized spacial score (nSPS) is 12.7. The van der Waals surface area contributed by atoms with Crippen molar-refractivity contribution in [1.82, 2.24) is 5.32 Å². The van der Waals surface area contributed by atoms with E-state index in [9.17, 15) is 19.8 Å². The first-order chi connectivity index (χ1) is 33.0. The SMILES string of the molecule is CCCCCCCCC/C=C\CCCCCCCCCC(=O)OCCCCCCCCCCCCC/C=C\CCCCCCCCCC(=O)NC(CO)C(O)CCCCCCCCCCCC. The van der Waals surface area contributed by atoms with Gasteiger partial charge in [-0.2, -0.15) is 0 Å². The zero-order chi connectivity index (χ0) is 48.6. The van der Waals surface area contributed by atoms with E-state index in [0.29, 0.717) is 25.9 Å². The van der Waals surface area contributed by atoms with Crippen LogP contribution in [0.15, 0.2) is 24.3 Å². The summed E-state index contributed by atoms with van der Waals surface area (Å²) < 4.78 is 5.49. The number of ether oxygens (including phenoxy) is 1. The molecule has 396 valence electrons. The van der Waals surface area contributed by atoms with Gasteiger partial charge in [-0.1, -0.05) is 263 Å². The number of unbranched alkanes of at least 4 members (excludes halogenated alkanes) is 41. The summed E-state index contributed by atoms with van der Waals surface area (Å²) in [6.45, 7) is 4.94. The summed E-state index contributed by atoms with van der Waals surface area (Å²) in [5.74, 6) is -0.0359. The molecule has 2 unspecified atom stereocenters. The molecule has 0 spiro atoms. The lowest BCUT2D eigenvalue weighted by atomic mass is 10.0. The Labute approximate surface area is 418 Å². The third-order valence-electron chi connectivity index (χ3n) is 14.0. The number of aliphatic hydroxyl groups excluding tert-OH is 2. The van der Waals surface area contributed by atoms with Gasteiger partial charge in [-0.25, -0.2) is 0 Å². The molecule has 0 heterocycles. The lowest BCUT2D eigenvalue weighted by Crippen LogP contribution is -2.45. The maximum absolute atomic E-state index is 12.4. The fourth-order valence-corrected chi connectivity index (χ4v) is 9.34. The zero-order valence-corrected chi connectivity index (χ0v) is 45.1. The third kappa shape index (κ3) is 53.5. The summed E-state index contributed by atoms with van der Waals surface area (Å²) in [6, 6.07) is -0.544. The largest absolute Gasteiger partial charge is 0.466 e. The van der Waals surface area contributed by atoms with Crippen molar-refractivity contribution >= 4 is 11.9 Å². The lowest BCUT2D eigenvalue weighted by Gasteiger charge is -2.22. The van der Waals surface area contributed by atoms with E-state index in [0.717, 1.165) is 44.9 Å². The molecule has 0 aromatic rings. The van der Waals surface area contributed by atoms with E-state index >= 15 is 0 Å². The van der Waals surface area contributed by atoms with Gasteiger partial charge < -0.3 is 20.3 Å². The maximum Gasteiger partial charge on any atom is 0.305 e. The molecule has 2 atom stereocenters. The Morgan fingerprint density at radius 2 is 0.701 bits per heavy atom. The standard InChI is InChI=1S/C61H117NO5/c1-3-5-7-9-11-13-15-16-17-18-26-29-32-35-39-43-47-51-55-61(66)67-56-52-48-44-40-36-33-30-27-24-22-20-19-21-23-25-28-31-34-38-42-46-50-54-60(65)62-58(57-63)59(64)53-49-45-41-37-14-12-10-8-6-4-2/h17-18,21,23,58-59,63-64H,3-16,19-20,22,24-57H2,1-2H3,(H,62,65)/b18-17-,23-21-. The molecule has 0 rings (SSSR count). The van der Waals surface area contributed by atoms with Gasteiger partial charge in [0, 0.05) is 12.8 Å². The van der Waals surface area contributed by atoms with Crippen LogP contribution in [0, 0.1) is 0 Å². The van der Waals surface area contributed by atoms with E-state index in [1.165, 1.54) is 250 Å². The van der Waals surface area contributed by atoms with E-state index < -0.39 is 12.1 Å². The second kappa shape index (κ2) is 56.9. The summed E-state index contributed by atoms with van der Waals surface area (Å²) in [7, 11) is 0. The van der Waals surface area contributed by atoms with Crippen molar-refractivity contribution in [3.8, 4) is 0 Å². The van der Waals surface area contributed by atoms with Crippen molar-refractivity contribution in [3.05, 3.63) is 24.3 Å². The van der Waals surface area contributed by atoms with Gasteiger partial charge in [0.25, 0.3) is 0 Å². The first-order valence-corrected chi connectivity index (χ1v) is 30.1. The minimum absolute atomic E-state index is 0.00718. The lowest BCUT2D eigenvalue weighted by molar-refractivity contribution is -0.143. The Balaban J connectivity index is 3.38. The summed E-state index contributed by atoms with van der Waals surface area (Å²) in [6.07, 6.45) is 69.0. The van der Waals surface area contributed by atoms with Gasteiger partial charge in [0.15, 0.2) is 0 Å². The molecule has 3 N–H and O–H groups in total. The number of aliphatic hydroxyl groups is 2. The third-order valence-corrected chi connectivity index (χ3v) is 14.0. The highest BCUT2D eigenvalue weighted by molar-refractivity contribution is 5.76. The molecule has 0 aliphatic rings. The number of hydrogen-bond donors (Lipinski definition) is 3. The van der Waals surface area contributed by atoms with Gasteiger partial charge >= 0.3 is 5.97 Å². The predicted molar refractivity (Wildman–Crippen MR) is 292 cm³/mol. The van der Waals surface area contributed by atoms with Gasteiger partial charge in [-0.15, -0.1) is 0 Å². The minimum atomic E-state index is -0.666. The average molecular weight is 945 g/mol. The minimum Gasteiger partial charge on any atom is -0.466 e. The summed E-state index contributed by atoms with van der Waals surface area (Å²) in [5, 5.41) is 23.1. The number of amides is 1. The monoisotopic (exact) mass is 944 g/mol. The Morgan fingerprint density at radius 1 is 0.403 bits per heavy atom. The molecule has 0 saturated heterocycles. The van der Waals surface area contributed by atoms with E-state index in [2.05, 4.69) is 43.5 Å². The second-order valence-corrected chi connectivity index (χ2v) is 20.7. The summed E-state index contributed by atoms with van der Waals surface area (Å²) >= 11 is 0. The Hall–Kier alpha value is -1.66. The van der Waals surface area contributed by atoms with Gasteiger partial charge in [-0.05, 0) is 77.0 Å². The van der Waals surface area contributed by atoms with Crippen molar-refractivity contribution in [2.45, 2.75) is 341 Å². The molecule has 67 heavy (non-hydrogen) atoms. The van der Waals surface area contributed by atoms with E-state index in [-0.39, 0.29) is 18.5 Å². The highest BCUT2D eigenvalue weighted by Crippen LogP contribution is 2.17. The van der Waals surface area contributed by atoms with Crippen LogP contribution in [0.2, 0.25) is 0 Å². The molecule has 6 nitrogen and oxygen atoms in total. The Kier molecular flexibility index (Phi) is 55.5. The van der Waals surface area contributed by atoms with Crippen LogP contribution in [-0.4, -0.2) is 47.4 Å². The molecule has 0 radical (unpaired) electrons. The van der Waals surface area contributed by atoms with Crippen molar-refractivity contribution < 1.29 is 24.5 Å². The number of allylic oxidation sites excluding steroid dienone is 4. The molecule has 0 fully saturated rings. The number of hydrogen-bond acceptors (Lipinski definition) is 5. The van der Waals surface area contributed by atoms with Crippen LogP contribution < -0.4 is 5.32 Å². The molecule has 0 bridgehead atoms. The van der Waals surface area contributed by atoms with Gasteiger partial charge in [0.2, 0.25) is 5.91 Å². The molecule has 6 heteroatoms. The summed E-state index contributed by atoms with van der Waals surface area (Å²) in [5.41, 5.74) is 0. The van der Waals surface area contributed by atoms with Crippen molar-refractivity contribution in [3.63, 3.8) is 0 Å². The van der Waals surface area contributed by atoms with Crippen molar-refractivity contribution in [2.24, 2.45) is 0 Å². The molecule has 0 aromatic carbocycles. The molecule has 0 aromatic heterocycles. The smallest absolute Gasteiger partial charge is 0.305 e. The Morgan fingerprint density at radius 3 is 1.06 bits per heavy atom. The molecular formula is C61H117NO5. The molecule has 1 amide bonds. The van der Waals surface area contributed by atoms with Crippen LogP contribution in [0.25, 0.3) is 0 Å². The average Bonchev–Trinajstić information content (AvgIpc) is 3.33. The summed E-state index contributed by atoms with van der Waals surface area (Å²) in [4.78, 5) is 24.5. The van der Waals surface area contributed by atoms with Crippen LogP contribution in [0.1, 0.15) is 328 Å². The van der Waals surface area contributed by atoms with Crippen LogP contribution in [0.3, 0.4) is 0 Å². The van der Waals surface area contributed by atoms with E-state index in [1.807, 2.05) is 0 Å². The number of rotatable bonds is 56.